The Labute approximate surface area is 233 Å². The van der Waals surface area contributed by atoms with Gasteiger partial charge in [0.15, 0.2) is 5.78 Å². The van der Waals surface area contributed by atoms with Crippen molar-refractivity contribution < 1.29 is 19.1 Å². The average molecular weight is 532 g/mol. The predicted octanol–water partition coefficient (Wildman–Crippen LogP) is 5.86. The van der Waals surface area contributed by atoms with Gasteiger partial charge in [-0.15, -0.1) is 0 Å². The Morgan fingerprint density at radius 3 is 2.25 bits per heavy atom. The number of ether oxygens (including phenoxy) is 1. The van der Waals surface area contributed by atoms with Crippen molar-refractivity contribution in [2.45, 2.75) is 13.0 Å². The Morgan fingerprint density at radius 2 is 1.52 bits per heavy atom. The molecule has 1 aliphatic rings. The summed E-state index contributed by atoms with van der Waals surface area (Å²) in [6, 6.07) is 29.8. The molecule has 7 nitrogen and oxygen atoms in total. The standard InChI is InChI=1S/C33H29N3O4/c1-22-10-6-7-13-26(22)31(37)21-36-30-15-9-8-14-27(30)28(23-11-4-3-5-12-23)20-29(32(36)38)35-33(39)34-24-16-18-25(40-2)19-17-24/h3-20,29H,21H2,1-2H3,(H2,34,35,39). The van der Waals surface area contributed by atoms with E-state index in [1.54, 1.807) is 49.6 Å². The van der Waals surface area contributed by atoms with E-state index in [1.165, 1.54) is 4.90 Å². The molecule has 7 heteroatoms. The van der Waals surface area contributed by atoms with Crippen LogP contribution in [0, 0.1) is 6.92 Å². The summed E-state index contributed by atoms with van der Waals surface area (Å²) in [5, 5.41) is 5.59. The first kappa shape index (κ1) is 26.4. The minimum absolute atomic E-state index is 0.172. The quantitative estimate of drug-likeness (QED) is 0.293. The van der Waals surface area contributed by atoms with Crippen LogP contribution < -0.4 is 20.3 Å². The SMILES string of the molecule is COc1ccc(NC(=O)NC2C=C(c3ccccc3)c3ccccc3N(CC(=O)c3ccccc3C)C2=O)cc1. The Morgan fingerprint density at radius 1 is 0.850 bits per heavy atom. The van der Waals surface area contributed by atoms with E-state index in [-0.39, 0.29) is 12.3 Å². The second kappa shape index (κ2) is 11.7. The second-order valence-corrected chi connectivity index (χ2v) is 9.43. The number of aryl methyl sites for hydroxylation is 1. The van der Waals surface area contributed by atoms with Crippen molar-refractivity contribution in [3.63, 3.8) is 0 Å². The number of benzene rings is 4. The zero-order chi connectivity index (χ0) is 28.1. The lowest BCUT2D eigenvalue weighted by Crippen LogP contribution is -2.50. The third-order valence-electron chi connectivity index (χ3n) is 6.82. The lowest BCUT2D eigenvalue weighted by molar-refractivity contribution is -0.119. The summed E-state index contributed by atoms with van der Waals surface area (Å²) >= 11 is 0. The molecule has 1 heterocycles. The molecule has 3 amide bonds. The summed E-state index contributed by atoms with van der Waals surface area (Å²) < 4.78 is 5.18. The molecular weight excluding hydrogens is 502 g/mol. The number of ketones is 1. The lowest BCUT2D eigenvalue weighted by Gasteiger charge is -2.26. The van der Waals surface area contributed by atoms with Gasteiger partial charge in [0.05, 0.1) is 19.3 Å². The number of anilines is 2. The number of methoxy groups -OCH3 is 1. The van der Waals surface area contributed by atoms with Gasteiger partial charge >= 0.3 is 6.03 Å². The molecule has 0 spiro atoms. The second-order valence-electron chi connectivity index (χ2n) is 9.43. The smallest absolute Gasteiger partial charge is 0.320 e. The molecule has 0 aromatic heterocycles. The molecule has 2 N–H and O–H groups in total. The summed E-state index contributed by atoms with van der Waals surface area (Å²) in [7, 11) is 1.57. The highest BCUT2D eigenvalue weighted by molar-refractivity contribution is 6.12. The number of para-hydroxylation sites is 1. The number of nitrogens with zero attached hydrogens (tertiary/aromatic N) is 1. The van der Waals surface area contributed by atoms with E-state index in [0.29, 0.717) is 22.7 Å². The van der Waals surface area contributed by atoms with Crippen LogP contribution in [0.25, 0.3) is 5.57 Å². The number of Topliss-reactive ketones (excluding diaryl/α,β-unsaturated/α-hetero) is 1. The highest BCUT2D eigenvalue weighted by Gasteiger charge is 2.33. The number of urea groups is 1. The molecule has 200 valence electrons. The van der Waals surface area contributed by atoms with Crippen LogP contribution in [-0.2, 0) is 4.79 Å². The predicted molar refractivity (Wildman–Crippen MR) is 157 cm³/mol. The molecule has 0 saturated carbocycles. The fourth-order valence-corrected chi connectivity index (χ4v) is 4.78. The normalized spacial score (nSPS) is 14.4. The number of amides is 3. The van der Waals surface area contributed by atoms with Crippen LogP contribution in [0.2, 0.25) is 0 Å². The first-order valence-corrected chi connectivity index (χ1v) is 12.9. The maximum Gasteiger partial charge on any atom is 0.320 e. The van der Waals surface area contributed by atoms with Gasteiger partial charge in [-0.2, -0.15) is 0 Å². The minimum Gasteiger partial charge on any atom is -0.497 e. The third-order valence-corrected chi connectivity index (χ3v) is 6.82. The van der Waals surface area contributed by atoms with Gasteiger partial charge in [-0.3, -0.25) is 9.59 Å². The fourth-order valence-electron chi connectivity index (χ4n) is 4.78. The fraction of sp³-hybridized carbons (Fsp3) is 0.121. The summed E-state index contributed by atoms with van der Waals surface area (Å²) in [4.78, 5) is 42.1. The van der Waals surface area contributed by atoms with Crippen LogP contribution in [0.3, 0.4) is 0 Å². The maximum atomic E-state index is 14.1. The molecule has 4 aromatic rings. The van der Waals surface area contributed by atoms with Crippen molar-refractivity contribution in [2.24, 2.45) is 0 Å². The van der Waals surface area contributed by atoms with Gasteiger partial charge in [0, 0.05) is 16.8 Å². The molecule has 4 aromatic carbocycles. The number of rotatable bonds is 7. The van der Waals surface area contributed by atoms with Gasteiger partial charge in [-0.05, 0) is 60.0 Å². The molecule has 1 aliphatic heterocycles. The zero-order valence-corrected chi connectivity index (χ0v) is 22.3. The number of hydrogen-bond donors (Lipinski definition) is 2. The van der Waals surface area contributed by atoms with Crippen molar-refractivity contribution in [3.8, 4) is 5.75 Å². The van der Waals surface area contributed by atoms with E-state index in [1.807, 2.05) is 73.7 Å². The number of hydrogen-bond acceptors (Lipinski definition) is 4. The molecule has 0 saturated heterocycles. The number of fused-ring (bicyclic) bond motifs is 1. The van der Waals surface area contributed by atoms with Crippen LogP contribution >= 0.6 is 0 Å². The Kier molecular flexibility index (Phi) is 7.73. The van der Waals surface area contributed by atoms with Gasteiger partial charge in [0.25, 0.3) is 5.91 Å². The van der Waals surface area contributed by atoms with Crippen molar-refractivity contribution in [1.82, 2.24) is 5.32 Å². The van der Waals surface area contributed by atoms with Crippen LogP contribution in [-0.4, -0.2) is 37.4 Å². The number of nitrogens with one attached hydrogen (secondary N) is 2. The monoisotopic (exact) mass is 531 g/mol. The van der Waals surface area contributed by atoms with Crippen LogP contribution in [0.15, 0.2) is 109 Å². The summed E-state index contributed by atoms with van der Waals surface area (Å²) in [6.45, 7) is 1.70. The average Bonchev–Trinajstić information content (AvgIpc) is 3.09. The van der Waals surface area contributed by atoms with Gasteiger partial charge in [0.1, 0.15) is 11.8 Å². The molecule has 0 aliphatic carbocycles. The summed E-state index contributed by atoms with van der Waals surface area (Å²) in [5.41, 5.74) is 4.99. The molecular formula is C33H29N3O4. The third kappa shape index (κ3) is 5.63. The largest absolute Gasteiger partial charge is 0.497 e. The van der Waals surface area contributed by atoms with Crippen LogP contribution in [0.4, 0.5) is 16.2 Å². The number of carbonyl (C=O) groups excluding carboxylic acids is 3. The van der Waals surface area contributed by atoms with E-state index in [2.05, 4.69) is 10.6 Å². The zero-order valence-electron chi connectivity index (χ0n) is 22.3. The van der Waals surface area contributed by atoms with Gasteiger partial charge in [-0.25, -0.2) is 4.79 Å². The van der Waals surface area contributed by atoms with E-state index in [4.69, 9.17) is 4.74 Å². The first-order valence-electron chi connectivity index (χ1n) is 12.9. The first-order chi connectivity index (χ1) is 19.4. The molecule has 1 atom stereocenters. The molecule has 0 bridgehead atoms. The van der Waals surface area contributed by atoms with Crippen LogP contribution in [0.5, 0.6) is 5.75 Å². The van der Waals surface area contributed by atoms with E-state index >= 15 is 0 Å². The van der Waals surface area contributed by atoms with Crippen molar-refractivity contribution in [1.29, 1.82) is 0 Å². The Hall–Kier alpha value is -5.17. The topological polar surface area (TPSA) is 87.7 Å². The summed E-state index contributed by atoms with van der Waals surface area (Å²) in [6.07, 6.45) is 1.75. The van der Waals surface area contributed by atoms with Gasteiger partial charge in [-0.1, -0.05) is 72.8 Å². The van der Waals surface area contributed by atoms with Crippen molar-refractivity contribution in [2.75, 3.05) is 23.9 Å². The Balaban J connectivity index is 1.52. The summed E-state index contributed by atoms with van der Waals surface area (Å²) in [5.74, 6) is 0.0584. The number of carbonyl (C=O) groups is 3. The molecule has 0 fully saturated rings. The Bertz CT molecular complexity index is 1580. The molecule has 0 radical (unpaired) electrons. The van der Waals surface area contributed by atoms with E-state index < -0.39 is 18.0 Å². The molecule has 1 unspecified atom stereocenters. The maximum absolute atomic E-state index is 14.1. The highest BCUT2D eigenvalue weighted by atomic mass is 16.5. The van der Waals surface area contributed by atoms with Crippen LogP contribution in [0.1, 0.15) is 27.0 Å². The van der Waals surface area contributed by atoms with E-state index in [9.17, 15) is 14.4 Å². The van der Waals surface area contributed by atoms with Gasteiger partial charge in [0.2, 0.25) is 0 Å². The molecule has 40 heavy (non-hydrogen) atoms. The minimum atomic E-state index is -1.04. The highest BCUT2D eigenvalue weighted by Crippen LogP contribution is 2.35. The van der Waals surface area contributed by atoms with Crippen molar-refractivity contribution in [3.05, 3.63) is 131 Å². The van der Waals surface area contributed by atoms with Crippen molar-refractivity contribution >= 4 is 34.7 Å². The lowest BCUT2D eigenvalue weighted by atomic mass is 9.95. The molecule has 5 rings (SSSR count). The van der Waals surface area contributed by atoms with E-state index in [0.717, 1.165) is 22.3 Å². The van der Waals surface area contributed by atoms with Gasteiger partial charge < -0.3 is 20.3 Å².